The summed E-state index contributed by atoms with van der Waals surface area (Å²) in [5, 5.41) is 11.1. The molecule has 7 heteroatoms. The first-order valence-corrected chi connectivity index (χ1v) is 9.12. The third-order valence-electron chi connectivity index (χ3n) is 4.68. The minimum atomic E-state index is -0.348. The van der Waals surface area contributed by atoms with Crippen molar-refractivity contribution in [3.8, 4) is 22.9 Å². The molecule has 1 N–H and O–H groups in total. The van der Waals surface area contributed by atoms with E-state index in [0.717, 1.165) is 22.5 Å². The van der Waals surface area contributed by atoms with E-state index in [9.17, 15) is 9.18 Å². The summed E-state index contributed by atoms with van der Waals surface area (Å²) in [4.78, 5) is 12.4. The average molecular weight is 390 g/mol. The molecule has 0 saturated carbocycles. The number of nitrogens with zero attached hydrogens (tertiary/aromatic N) is 3. The van der Waals surface area contributed by atoms with Crippen molar-refractivity contribution in [1.82, 2.24) is 14.8 Å². The van der Waals surface area contributed by atoms with E-state index in [2.05, 4.69) is 15.5 Å². The van der Waals surface area contributed by atoms with Gasteiger partial charge in [0, 0.05) is 22.6 Å². The molecule has 0 aliphatic rings. The van der Waals surface area contributed by atoms with E-state index in [1.807, 2.05) is 54.8 Å². The Hall–Kier alpha value is -3.74. The molecule has 6 nitrogen and oxygen atoms in total. The first-order valence-electron chi connectivity index (χ1n) is 9.12. The summed E-state index contributed by atoms with van der Waals surface area (Å²) in [5.74, 6) is 0.293. The lowest BCUT2D eigenvalue weighted by Crippen LogP contribution is -2.20. The largest absolute Gasteiger partial charge is 0.416 e. The zero-order valence-electron chi connectivity index (χ0n) is 16.0. The minimum absolute atomic E-state index is 0.120. The van der Waals surface area contributed by atoms with Gasteiger partial charge < -0.3 is 14.3 Å². The Morgan fingerprint density at radius 3 is 2.45 bits per heavy atom. The number of anilines is 1. The first kappa shape index (κ1) is 18.6. The van der Waals surface area contributed by atoms with Gasteiger partial charge in [0.2, 0.25) is 17.7 Å². The van der Waals surface area contributed by atoms with Crippen LogP contribution >= 0.6 is 0 Å². The SMILES string of the molecule is Cc1cc(-c2nnc(-c3ccccc3)o2)c(C)n1CC(=O)Nc1ccc(F)cc1. The highest BCUT2D eigenvalue weighted by Gasteiger charge is 2.18. The number of carbonyl (C=O) groups is 1. The van der Waals surface area contributed by atoms with Crippen LogP contribution in [0.2, 0.25) is 0 Å². The monoisotopic (exact) mass is 390 g/mol. The van der Waals surface area contributed by atoms with Crippen LogP contribution in [0.15, 0.2) is 65.1 Å². The molecule has 4 rings (SSSR count). The van der Waals surface area contributed by atoms with Crippen LogP contribution in [0.5, 0.6) is 0 Å². The predicted octanol–water partition coefficient (Wildman–Crippen LogP) is 4.60. The molecule has 0 radical (unpaired) electrons. The summed E-state index contributed by atoms with van der Waals surface area (Å²) in [6.45, 7) is 3.94. The van der Waals surface area contributed by atoms with Crippen molar-refractivity contribution in [2.24, 2.45) is 0 Å². The number of aryl methyl sites for hydroxylation is 1. The highest BCUT2D eigenvalue weighted by atomic mass is 19.1. The van der Waals surface area contributed by atoms with Crippen molar-refractivity contribution in [3.63, 3.8) is 0 Å². The fraction of sp³-hybridized carbons (Fsp3) is 0.136. The number of hydrogen-bond donors (Lipinski definition) is 1. The number of halogens is 1. The molecule has 146 valence electrons. The van der Waals surface area contributed by atoms with Crippen molar-refractivity contribution in [2.75, 3.05) is 5.32 Å². The maximum absolute atomic E-state index is 13.0. The number of hydrogen-bond acceptors (Lipinski definition) is 4. The molecule has 0 atom stereocenters. The Bertz CT molecular complexity index is 1150. The molecule has 0 saturated heterocycles. The van der Waals surface area contributed by atoms with Crippen LogP contribution in [0, 0.1) is 19.7 Å². The molecule has 0 spiro atoms. The highest BCUT2D eigenvalue weighted by Crippen LogP contribution is 2.28. The summed E-state index contributed by atoms with van der Waals surface area (Å²) in [6, 6.07) is 17.1. The topological polar surface area (TPSA) is 73.0 Å². The third-order valence-corrected chi connectivity index (χ3v) is 4.68. The van der Waals surface area contributed by atoms with E-state index in [1.165, 1.54) is 24.3 Å². The van der Waals surface area contributed by atoms with E-state index in [0.29, 0.717) is 17.5 Å². The zero-order valence-corrected chi connectivity index (χ0v) is 16.0. The maximum atomic E-state index is 13.0. The van der Waals surface area contributed by atoms with Gasteiger partial charge in [-0.1, -0.05) is 18.2 Å². The van der Waals surface area contributed by atoms with Gasteiger partial charge in [0.05, 0.1) is 5.56 Å². The van der Waals surface area contributed by atoms with Crippen LogP contribution in [0.25, 0.3) is 22.9 Å². The molecule has 29 heavy (non-hydrogen) atoms. The summed E-state index contributed by atoms with van der Waals surface area (Å²) in [6.07, 6.45) is 0. The quantitative estimate of drug-likeness (QED) is 0.541. The molecule has 2 aromatic heterocycles. The number of benzene rings is 2. The normalized spacial score (nSPS) is 10.9. The van der Waals surface area contributed by atoms with Crippen LogP contribution in [-0.4, -0.2) is 20.7 Å². The molecule has 2 heterocycles. The Kier molecular flexibility index (Phi) is 4.95. The Balaban J connectivity index is 1.54. The van der Waals surface area contributed by atoms with Crippen LogP contribution < -0.4 is 5.32 Å². The van der Waals surface area contributed by atoms with Gasteiger partial charge in [-0.15, -0.1) is 10.2 Å². The van der Waals surface area contributed by atoms with Gasteiger partial charge in [-0.3, -0.25) is 4.79 Å². The number of carbonyl (C=O) groups excluding carboxylic acids is 1. The summed E-state index contributed by atoms with van der Waals surface area (Å²) < 4.78 is 20.7. The van der Waals surface area contributed by atoms with Crippen molar-refractivity contribution in [2.45, 2.75) is 20.4 Å². The van der Waals surface area contributed by atoms with Crippen LogP contribution in [0.1, 0.15) is 11.4 Å². The summed E-state index contributed by atoms with van der Waals surface area (Å²) in [7, 11) is 0. The zero-order chi connectivity index (χ0) is 20.4. The van der Waals surface area contributed by atoms with Crippen molar-refractivity contribution in [1.29, 1.82) is 0 Å². The van der Waals surface area contributed by atoms with E-state index < -0.39 is 0 Å². The van der Waals surface area contributed by atoms with Crippen LogP contribution in [0.3, 0.4) is 0 Å². The lowest BCUT2D eigenvalue weighted by atomic mass is 10.2. The van der Waals surface area contributed by atoms with E-state index in [1.54, 1.807) is 0 Å². The Morgan fingerprint density at radius 1 is 1.03 bits per heavy atom. The maximum Gasteiger partial charge on any atom is 0.249 e. The molecule has 4 aromatic rings. The summed E-state index contributed by atoms with van der Waals surface area (Å²) >= 11 is 0. The van der Waals surface area contributed by atoms with Gasteiger partial charge in [-0.2, -0.15) is 0 Å². The fourth-order valence-corrected chi connectivity index (χ4v) is 3.17. The van der Waals surface area contributed by atoms with Gasteiger partial charge in [-0.05, 0) is 56.3 Å². The number of rotatable bonds is 5. The van der Waals surface area contributed by atoms with Crippen LogP contribution in [-0.2, 0) is 11.3 Å². The van der Waals surface area contributed by atoms with Gasteiger partial charge in [0.15, 0.2) is 0 Å². The molecule has 2 aromatic carbocycles. The Morgan fingerprint density at radius 2 is 1.72 bits per heavy atom. The average Bonchev–Trinajstić information content (AvgIpc) is 3.31. The standard InChI is InChI=1S/C22H19FN4O2/c1-14-12-19(22-26-25-21(29-22)16-6-4-3-5-7-16)15(2)27(14)13-20(28)24-18-10-8-17(23)9-11-18/h3-12H,13H2,1-2H3,(H,24,28). The molecular formula is C22H19FN4O2. The Labute approximate surface area is 167 Å². The molecule has 0 bridgehead atoms. The minimum Gasteiger partial charge on any atom is -0.416 e. The van der Waals surface area contributed by atoms with Gasteiger partial charge >= 0.3 is 0 Å². The number of nitrogens with one attached hydrogen (secondary N) is 1. The van der Waals surface area contributed by atoms with Gasteiger partial charge in [-0.25, -0.2) is 4.39 Å². The molecule has 0 aliphatic carbocycles. The van der Waals surface area contributed by atoms with Crippen molar-refractivity contribution >= 4 is 11.6 Å². The lowest BCUT2D eigenvalue weighted by molar-refractivity contribution is -0.116. The second-order valence-electron chi connectivity index (χ2n) is 6.70. The predicted molar refractivity (Wildman–Crippen MR) is 108 cm³/mol. The molecule has 0 unspecified atom stereocenters. The first-order chi connectivity index (χ1) is 14.0. The summed E-state index contributed by atoms with van der Waals surface area (Å²) in [5.41, 5.74) is 3.92. The smallest absolute Gasteiger partial charge is 0.249 e. The lowest BCUT2D eigenvalue weighted by Gasteiger charge is -2.10. The van der Waals surface area contributed by atoms with Gasteiger partial charge in [0.1, 0.15) is 12.4 Å². The van der Waals surface area contributed by atoms with E-state index in [-0.39, 0.29) is 18.3 Å². The number of amides is 1. The van der Waals surface area contributed by atoms with E-state index >= 15 is 0 Å². The third kappa shape index (κ3) is 3.94. The second-order valence-corrected chi connectivity index (χ2v) is 6.70. The van der Waals surface area contributed by atoms with Crippen molar-refractivity contribution < 1.29 is 13.6 Å². The molecular weight excluding hydrogens is 371 g/mol. The highest BCUT2D eigenvalue weighted by molar-refractivity contribution is 5.90. The second kappa shape index (κ2) is 7.71. The van der Waals surface area contributed by atoms with E-state index in [4.69, 9.17) is 4.42 Å². The molecule has 1 amide bonds. The van der Waals surface area contributed by atoms with Gasteiger partial charge in [0.25, 0.3) is 0 Å². The fourth-order valence-electron chi connectivity index (χ4n) is 3.17. The molecule has 0 aliphatic heterocycles. The molecule has 0 fully saturated rings. The van der Waals surface area contributed by atoms with Crippen LogP contribution in [0.4, 0.5) is 10.1 Å². The number of aromatic nitrogens is 3. The van der Waals surface area contributed by atoms with Crippen molar-refractivity contribution in [3.05, 3.63) is 77.9 Å².